The summed E-state index contributed by atoms with van der Waals surface area (Å²) in [6.45, 7) is 1.71. The Morgan fingerprint density at radius 3 is 2.68 bits per heavy atom. The lowest BCUT2D eigenvalue weighted by Crippen LogP contribution is -2.41. The van der Waals surface area contributed by atoms with Gasteiger partial charge in [-0.15, -0.1) is 0 Å². The Kier molecular flexibility index (Phi) is 8.67. The summed E-state index contributed by atoms with van der Waals surface area (Å²) in [5.41, 5.74) is 1.57. The highest BCUT2D eigenvalue weighted by molar-refractivity contribution is 5.83. The van der Waals surface area contributed by atoms with E-state index in [9.17, 15) is 23.1 Å². The van der Waals surface area contributed by atoms with Gasteiger partial charge in [-0.1, -0.05) is 11.8 Å². The number of halogens is 3. The van der Waals surface area contributed by atoms with Crippen molar-refractivity contribution >= 4 is 16.9 Å². The smallest absolute Gasteiger partial charge is 0.303 e. The molecule has 1 aliphatic rings. The third kappa shape index (κ3) is 7.01. The molecule has 3 aromatic rings. The largest absolute Gasteiger partial charge is 0.497 e. The lowest BCUT2D eigenvalue weighted by Gasteiger charge is -2.37. The van der Waals surface area contributed by atoms with Gasteiger partial charge in [-0.2, -0.15) is 0 Å². The summed E-state index contributed by atoms with van der Waals surface area (Å²) in [5, 5.41) is 10.2. The number of fused-ring (bicyclic) bond motifs is 1. The number of carbonyl (C=O) groups is 1. The van der Waals surface area contributed by atoms with Gasteiger partial charge in [-0.3, -0.25) is 14.7 Å². The van der Waals surface area contributed by atoms with Crippen molar-refractivity contribution in [2.24, 2.45) is 11.8 Å². The second-order valence-electron chi connectivity index (χ2n) is 9.46. The molecule has 0 saturated carbocycles. The highest BCUT2D eigenvalue weighted by atomic mass is 19.1. The Morgan fingerprint density at radius 2 is 1.95 bits per heavy atom. The minimum absolute atomic E-state index is 0.0491. The fraction of sp³-hybridized carbons (Fsp3) is 0.379. The summed E-state index contributed by atoms with van der Waals surface area (Å²) >= 11 is 0. The average Bonchev–Trinajstić information content (AvgIpc) is 2.85. The Labute approximate surface area is 214 Å². The van der Waals surface area contributed by atoms with Crippen LogP contribution in [0.4, 0.5) is 13.2 Å². The second-order valence-corrected chi connectivity index (χ2v) is 9.46. The fourth-order valence-corrected chi connectivity index (χ4v) is 5.14. The van der Waals surface area contributed by atoms with Crippen molar-refractivity contribution in [2.75, 3.05) is 26.7 Å². The van der Waals surface area contributed by atoms with Crippen LogP contribution in [0.15, 0.2) is 42.6 Å². The zero-order chi connectivity index (χ0) is 26.4. The van der Waals surface area contributed by atoms with E-state index in [-0.39, 0.29) is 29.6 Å². The summed E-state index contributed by atoms with van der Waals surface area (Å²) in [6.07, 6.45) is 4.13. The van der Waals surface area contributed by atoms with Crippen LogP contribution in [-0.2, 0) is 11.2 Å². The van der Waals surface area contributed by atoms with Gasteiger partial charge in [0.25, 0.3) is 0 Å². The van der Waals surface area contributed by atoms with Crippen molar-refractivity contribution in [2.45, 2.75) is 32.1 Å². The number of rotatable bonds is 8. The second kappa shape index (κ2) is 12.1. The molecule has 2 atom stereocenters. The van der Waals surface area contributed by atoms with Crippen LogP contribution >= 0.6 is 0 Å². The fourth-order valence-electron chi connectivity index (χ4n) is 5.14. The van der Waals surface area contributed by atoms with Crippen LogP contribution in [0.5, 0.6) is 5.75 Å². The first-order valence-corrected chi connectivity index (χ1v) is 12.3. The number of carboxylic acid groups (broad SMARTS) is 1. The van der Waals surface area contributed by atoms with E-state index in [0.29, 0.717) is 36.3 Å². The first-order valence-electron chi connectivity index (χ1n) is 12.3. The monoisotopic (exact) mass is 510 g/mol. The van der Waals surface area contributed by atoms with Crippen molar-refractivity contribution < 1.29 is 27.8 Å². The molecule has 0 aliphatic carbocycles. The van der Waals surface area contributed by atoms with E-state index >= 15 is 0 Å². The minimum atomic E-state index is -0.851. The molecule has 2 unspecified atom stereocenters. The van der Waals surface area contributed by atoms with E-state index in [1.807, 2.05) is 6.07 Å². The Balaban J connectivity index is 1.38. The van der Waals surface area contributed by atoms with Crippen molar-refractivity contribution in [3.8, 4) is 17.6 Å². The molecule has 8 heteroatoms. The van der Waals surface area contributed by atoms with Gasteiger partial charge < -0.3 is 9.84 Å². The van der Waals surface area contributed by atoms with Crippen molar-refractivity contribution in [1.29, 1.82) is 0 Å². The van der Waals surface area contributed by atoms with E-state index in [0.717, 1.165) is 37.3 Å². The molecule has 194 valence electrons. The zero-order valence-electron chi connectivity index (χ0n) is 20.6. The predicted molar refractivity (Wildman–Crippen MR) is 135 cm³/mol. The van der Waals surface area contributed by atoms with Gasteiger partial charge in [0.05, 0.1) is 25.4 Å². The maximum atomic E-state index is 14.7. The van der Waals surface area contributed by atoms with Crippen LogP contribution in [0.1, 0.15) is 36.8 Å². The molecule has 1 saturated heterocycles. The summed E-state index contributed by atoms with van der Waals surface area (Å²) < 4.78 is 46.7. The van der Waals surface area contributed by atoms with E-state index in [1.165, 1.54) is 18.3 Å². The molecule has 2 heterocycles. The van der Waals surface area contributed by atoms with Crippen LogP contribution in [0.3, 0.4) is 0 Å². The van der Waals surface area contributed by atoms with Gasteiger partial charge in [-0.25, -0.2) is 13.2 Å². The summed E-state index contributed by atoms with van der Waals surface area (Å²) in [4.78, 5) is 17.8. The number of hydrogen-bond donors (Lipinski definition) is 1. The molecule has 0 radical (unpaired) electrons. The SMILES string of the molecule is COc1ccc2ncc(F)c(CCCC3CCN(CC#Cc4cc(F)cc(F)c4)CC3CC(=O)O)c2c1. The lowest BCUT2D eigenvalue weighted by molar-refractivity contribution is -0.139. The molecule has 1 N–H and O–H groups in total. The molecular formula is C29H29F3N2O3. The van der Waals surface area contributed by atoms with Crippen molar-refractivity contribution in [3.05, 3.63) is 71.2 Å². The van der Waals surface area contributed by atoms with Crippen molar-refractivity contribution in [1.82, 2.24) is 9.88 Å². The maximum Gasteiger partial charge on any atom is 0.303 e. The molecule has 0 amide bonds. The van der Waals surface area contributed by atoms with Crippen LogP contribution < -0.4 is 4.74 Å². The van der Waals surface area contributed by atoms with Gasteiger partial charge >= 0.3 is 5.97 Å². The van der Waals surface area contributed by atoms with E-state index in [4.69, 9.17) is 4.74 Å². The molecule has 1 aliphatic heterocycles. The number of pyridine rings is 1. The summed E-state index contributed by atoms with van der Waals surface area (Å²) in [5.74, 6) is 3.96. The van der Waals surface area contributed by atoms with Gasteiger partial charge in [0, 0.05) is 30.0 Å². The number of aliphatic carboxylic acids is 1. The molecule has 2 aromatic carbocycles. The number of carboxylic acids is 1. The van der Waals surface area contributed by atoms with Crippen LogP contribution in [-0.4, -0.2) is 47.7 Å². The summed E-state index contributed by atoms with van der Waals surface area (Å²) in [7, 11) is 1.56. The lowest BCUT2D eigenvalue weighted by atomic mass is 9.80. The van der Waals surface area contributed by atoms with Crippen LogP contribution in [0, 0.1) is 41.1 Å². The molecule has 0 bridgehead atoms. The molecule has 1 aromatic heterocycles. The highest BCUT2D eigenvalue weighted by Crippen LogP contribution is 2.32. The standard InChI is InChI=1S/C29H29F3N2O3/c1-37-24-7-8-28-26(16-24)25(27(32)17-33-28)6-2-5-20-9-11-34(18-21(20)14-29(35)36)10-3-4-19-12-22(30)15-23(31)13-19/h7-8,12-13,15-17,20-21H,2,5-6,9-11,14,18H2,1H3,(H,35,36). The molecule has 4 rings (SSSR count). The maximum absolute atomic E-state index is 14.7. The number of benzene rings is 2. The number of piperidine rings is 1. The highest BCUT2D eigenvalue weighted by Gasteiger charge is 2.30. The molecular weight excluding hydrogens is 481 g/mol. The van der Waals surface area contributed by atoms with Crippen LogP contribution in [0.25, 0.3) is 10.9 Å². The van der Waals surface area contributed by atoms with Gasteiger partial charge in [0.2, 0.25) is 0 Å². The number of aryl methyl sites for hydroxylation is 1. The quantitative estimate of drug-likeness (QED) is 0.409. The molecule has 1 fully saturated rings. The van der Waals surface area contributed by atoms with E-state index in [2.05, 4.69) is 21.7 Å². The zero-order valence-corrected chi connectivity index (χ0v) is 20.6. The first-order chi connectivity index (χ1) is 17.8. The number of methoxy groups -OCH3 is 1. The summed E-state index contributed by atoms with van der Waals surface area (Å²) in [6, 6.07) is 8.56. The number of ether oxygens (including phenoxy) is 1. The first kappa shape index (κ1) is 26.5. The topological polar surface area (TPSA) is 62.7 Å². The number of likely N-dealkylation sites (tertiary alicyclic amines) is 1. The minimum Gasteiger partial charge on any atom is -0.497 e. The van der Waals surface area contributed by atoms with Crippen LogP contribution in [0.2, 0.25) is 0 Å². The third-order valence-corrected chi connectivity index (χ3v) is 6.95. The van der Waals surface area contributed by atoms with Gasteiger partial charge in [-0.05, 0) is 80.0 Å². The number of aromatic nitrogens is 1. The van der Waals surface area contributed by atoms with Gasteiger partial charge in [0.1, 0.15) is 23.2 Å². The third-order valence-electron chi connectivity index (χ3n) is 6.95. The van der Waals surface area contributed by atoms with E-state index in [1.54, 1.807) is 19.2 Å². The molecule has 5 nitrogen and oxygen atoms in total. The van der Waals surface area contributed by atoms with Crippen molar-refractivity contribution in [3.63, 3.8) is 0 Å². The number of hydrogen-bond acceptors (Lipinski definition) is 4. The van der Waals surface area contributed by atoms with E-state index < -0.39 is 17.6 Å². The Morgan fingerprint density at radius 1 is 1.16 bits per heavy atom. The molecule has 37 heavy (non-hydrogen) atoms. The predicted octanol–water partition coefficient (Wildman–Crippen LogP) is 5.45. The van der Waals surface area contributed by atoms with Gasteiger partial charge in [0.15, 0.2) is 0 Å². The number of nitrogens with zero attached hydrogens (tertiary/aromatic N) is 2. The Hall–Kier alpha value is -3.57. The average molecular weight is 511 g/mol. The molecule has 0 spiro atoms. The Bertz CT molecular complexity index is 1310. The normalized spacial score (nSPS) is 17.8.